The average Bonchev–Trinajstić information content (AvgIpc) is 3.24. The maximum atomic E-state index is 13.2. The fraction of sp³-hybridized carbons (Fsp3) is 0.500. The predicted octanol–water partition coefficient (Wildman–Crippen LogP) is 4.14. The van der Waals surface area contributed by atoms with Gasteiger partial charge in [0.15, 0.2) is 9.84 Å². The molecule has 0 saturated carbocycles. The lowest BCUT2D eigenvalue weighted by Crippen LogP contribution is -2.28. The van der Waals surface area contributed by atoms with Crippen molar-refractivity contribution in [2.75, 3.05) is 12.9 Å². The van der Waals surface area contributed by atoms with Crippen LogP contribution in [0.5, 0.6) is 0 Å². The van der Waals surface area contributed by atoms with Crippen molar-refractivity contribution in [2.24, 2.45) is 0 Å². The first kappa shape index (κ1) is 25.9. The smallest absolute Gasteiger partial charge is 0.355 e. The highest BCUT2D eigenvalue weighted by atomic mass is 32.2. The molecule has 2 aromatic heterocycles. The summed E-state index contributed by atoms with van der Waals surface area (Å²) in [7, 11) is -3.19. The first-order valence-corrected chi connectivity index (χ1v) is 13.2. The number of ether oxygens (including phenoxy) is 2. The van der Waals surface area contributed by atoms with Gasteiger partial charge in [0.05, 0.1) is 34.7 Å². The van der Waals surface area contributed by atoms with Crippen LogP contribution in [0.2, 0.25) is 0 Å². The number of aliphatic hydroxyl groups excluding tert-OH is 1. The van der Waals surface area contributed by atoms with Crippen molar-refractivity contribution in [1.82, 2.24) is 14.8 Å². The van der Waals surface area contributed by atoms with E-state index in [1.165, 1.54) is 10.8 Å². The second kappa shape index (κ2) is 9.52. The Morgan fingerprint density at radius 1 is 1.21 bits per heavy atom. The number of fused-ring (bicyclic) bond motifs is 1. The quantitative estimate of drug-likeness (QED) is 0.358. The lowest BCUT2D eigenvalue weighted by molar-refractivity contribution is -0.208. The maximum absolute atomic E-state index is 13.2. The molecule has 0 aliphatic rings. The van der Waals surface area contributed by atoms with Crippen LogP contribution in [-0.2, 0) is 25.1 Å². The Kier molecular flexibility index (Phi) is 7.26. The van der Waals surface area contributed by atoms with Gasteiger partial charge in [-0.15, -0.1) is 0 Å². The molecule has 0 saturated heterocycles. The Morgan fingerprint density at radius 2 is 1.82 bits per heavy atom. The number of benzene rings is 1. The fourth-order valence-corrected chi connectivity index (χ4v) is 4.66. The van der Waals surface area contributed by atoms with Gasteiger partial charge in [-0.25, -0.2) is 13.2 Å². The van der Waals surface area contributed by atoms with E-state index in [1.54, 1.807) is 52.0 Å². The van der Waals surface area contributed by atoms with Crippen LogP contribution in [0.25, 0.3) is 22.2 Å². The van der Waals surface area contributed by atoms with E-state index < -0.39 is 27.8 Å². The van der Waals surface area contributed by atoms with Crippen molar-refractivity contribution in [3.8, 4) is 11.1 Å². The van der Waals surface area contributed by atoms with E-state index in [4.69, 9.17) is 9.47 Å². The highest BCUT2D eigenvalue weighted by Gasteiger charge is 2.33. The number of hydrogen-bond acceptors (Lipinski definition) is 7. The largest absolute Gasteiger partial charge is 0.461 e. The van der Waals surface area contributed by atoms with Crippen LogP contribution in [0.1, 0.15) is 75.6 Å². The average molecular weight is 492 g/mol. The van der Waals surface area contributed by atoms with Crippen molar-refractivity contribution in [1.29, 1.82) is 0 Å². The number of aliphatic hydroxyl groups is 1. The molecular weight excluding hydrogens is 458 g/mol. The van der Waals surface area contributed by atoms with Crippen molar-refractivity contribution in [3.05, 3.63) is 41.2 Å². The number of nitrogens with one attached hydrogen (secondary N) is 1. The highest BCUT2D eigenvalue weighted by Crippen LogP contribution is 2.40. The number of hydrogen-bond donors (Lipinski definition) is 2. The van der Waals surface area contributed by atoms with Crippen LogP contribution >= 0.6 is 0 Å². The molecule has 0 fully saturated rings. The van der Waals surface area contributed by atoms with Crippen LogP contribution in [0, 0.1) is 0 Å². The van der Waals surface area contributed by atoms with E-state index in [0.29, 0.717) is 33.4 Å². The van der Waals surface area contributed by atoms with Crippen LogP contribution in [-0.4, -0.2) is 52.7 Å². The Bertz CT molecular complexity index is 1280. The number of H-pyrrole nitrogens is 1. The molecule has 0 bridgehead atoms. The molecule has 2 N–H and O–H groups in total. The summed E-state index contributed by atoms with van der Waals surface area (Å²) in [6.45, 7) is 11.2. The zero-order valence-corrected chi connectivity index (χ0v) is 21.5. The Balaban J connectivity index is 2.32. The van der Waals surface area contributed by atoms with E-state index >= 15 is 0 Å². The summed E-state index contributed by atoms with van der Waals surface area (Å²) >= 11 is 0. The van der Waals surface area contributed by atoms with Crippen LogP contribution < -0.4 is 0 Å². The Morgan fingerprint density at radius 3 is 2.32 bits per heavy atom. The van der Waals surface area contributed by atoms with Crippen molar-refractivity contribution in [2.45, 2.75) is 65.2 Å². The molecule has 1 aromatic carbocycles. The second-order valence-electron chi connectivity index (χ2n) is 9.62. The molecule has 0 aliphatic heterocycles. The van der Waals surface area contributed by atoms with Gasteiger partial charge in [0.25, 0.3) is 0 Å². The van der Waals surface area contributed by atoms with Gasteiger partial charge in [0, 0.05) is 11.8 Å². The number of nitrogens with zero attached hydrogens (tertiary/aromatic N) is 2. The van der Waals surface area contributed by atoms with E-state index in [9.17, 15) is 18.3 Å². The molecule has 3 rings (SSSR count). The van der Waals surface area contributed by atoms with Crippen molar-refractivity contribution < 1.29 is 27.8 Å². The SMILES string of the molecule is CCOC(=O)c1c(-c2ccc(CS(C)(=O)=O)cc2)c2[nH]nc(C(C)C)c2n1C(O)OC(C)(C)C. The minimum Gasteiger partial charge on any atom is -0.461 e. The maximum Gasteiger partial charge on any atom is 0.355 e. The molecule has 3 aromatic rings. The van der Waals surface area contributed by atoms with Gasteiger partial charge in [-0.1, -0.05) is 38.1 Å². The van der Waals surface area contributed by atoms with E-state index in [1.807, 2.05) is 13.8 Å². The highest BCUT2D eigenvalue weighted by molar-refractivity contribution is 7.89. The van der Waals surface area contributed by atoms with Gasteiger partial charge < -0.3 is 14.6 Å². The number of esters is 1. The summed E-state index contributed by atoms with van der Waals surface area (Å²) in [6.07, 6.45) is -0.298. The molecule has 1 unspecified atom stereocenters. The third kappa shape index (κ3) is 5.51. The van der Waals surface area contributed by atoms with E-state index in [0.717, 1.165) is 0 Å². The van der Waals surface area contributed by atoms with Gasteiger partial charge >= 0.3 is 5.97 Å². The van der Waals surface area contributed by atoms with Gasteiger partial charge in [0.2, 0.25) is 6.41 Å². The monoisotopic (exact) mass is 491 g/mol. The molecule has 0 aliphatic carbocycles. The van der Waals surface area contributed by atoms with E-state index in [-0.39, 0.29) is 24.0 Å². The third-order valence-corrected chi connectivity index (χ3v) is 5.96. The first-order chi connectivity index (χ1) is 15.7. The van der Waals surface area contributed by atoms with Gasteiger partial charge in [0.1, 0.15) is 5.69 Å². The summed E-state index contributed by atoms with van der Waals surface area (Å²) in [6, 6.07) is 6.90. The summed E-state index contributed by atoms with van der Waals surface area (Å²) in [5.74, 6) is -0.716. The van der Waals surface area contributed by atoms with Crippen LogP contribution in [0.3, 0.4) is 0 Å². The molecule has 34 heavy (non-hydrogen) atoms. The Hall–Kier alpha value is -2.69. The first-order valence-electron chi connectivity index (χ1n) is 11.2. The molecule has 10 heteroatoms. The van der Waals surface area contributed by atoms with Gasteiger partial charge in [-0.05, 0) is 44.7 Å². The molecule has 0 spiro atoms. The lowest BCUT2D eigenvalue weighted by Gasteiger charge is -2.26. The van der Waals surface area contributed by atoms with Gasteiger partial charge in [-0.2, -0.15) is 5.10 Å². The molecule has 2 heterocycles. The second-order valence-corrected chi connectivity index (χ2v) is 11.8. The number of carbonyl (C=O) groups excluding carboxylic acids is 1. The molecule has 186 valence electrons. The molecule has 1 atom stereocenters. The van der Waals surface area contributed by atoms with E-state index in [2.05, 4.69) is 10.2 Å². The number of sulfone groups is 1. The molecular formula is C24H33N3O6S. The number of rotatable bonds is 8. The summed E-state index contributed by atoms with van der Waals surface area (Å²) in [5, 5.41) is 18.6. The van der Waals surface area contributed by atoms with Crippen molar-refractivity contribution in [3.63, 3.8) is 0 Å². The zero-order chi connectivity index (χ0) is 25.4. The normalized spacial score (nSPS) is 13.6. The van der Waals surface area contributed by atoms with Crippen LogP contribution in [0.15, 0.2) is 24.3 Å². The number of aromatic nitrogens is 3. The van der Waals surface area contributed by atoms with Gasteiger partial charge in [-0.3, -0.25) is 9.67 Å². The lowest BCUT2D eigenvalue weighted by atomic mass is 10.0. The fourth-order valence-electron chi connectivity index (χ4n) is 3.86. The van der Waals surface area contributed by atoms with Crippen LogP contribution in [0.4, 0.5) is 0 Å². The zero-order valence-electron chi connectivity index (χ0n) is 20.7. The topological polar surface area (TPSA) is 124 Å². The third-order valence-electron chi connectivity index (χ3n) is 5.10. The Labute approximate surface area is 200 Å². The predicted molar refractivity (Wildman–Crippen MR) is 130 cm³/mol. The molecule has 9 nitrogen and oxygen atoms in total. The van der Waals surface area contributed by atoms with Crippen molar-refractivity contribution >= 4 is 26.8 Å². The minimum absolute atomic E-state index is 0.00994. The molecule has 0 amide bonds. The summed E-state index contributed by atoms with van der Waals surface area (Å²) in [5.41, 5.74) is 2.96. The molecule has 0 radical (unpaired) electrons. The summed E-state index contributed by atoms with van der Waals surface area (Å²) in [4.78, 5) is 13.2. The number of carbonyl (C=O) groups is 1. The number of aromatic amines is 1. The standard InChI is InChI=1S/C24H33N3O6S/c1-8-32-22(28)20-17(16-11-9-15(10-12-16)13-34(7,30)31)19-21(18(14(2)3)25-26-19)27(20)23(29)33-24(4,5)6/h9-12,14,23,29H,8,13H2,1-7H3,(H,25,26). The minimum atomic E-state index is -3.19. The summed E-state index contributed by atoms with van der Waals surface area (Å²) < 4.78 is 36.0.